The largest absolute Gasteiger partial charge is 0.496 e. The average Bonchev–Trinajstić information content (AvgIpc) is 2.59. The molecule has 1 N–H and O–H groups in total. The van der Waals surface area contributed by atoms with Gasteiger partial charge in [0.1, 0.15) is 11.5 Å². The lowest BCUT2D eigenvalue weighted by molar-refractivity contribution is -0.174. The van der Waals surface area contributed by atoms with Gasteiger partial charge in [0.05, 0.1) is 20.8 Å². The summed E-state index contributed by atoms with van der Waals surface area (Å²) in [5.41, 5.74) is 1.07. The second-order valence-corrected chi connectivity index (χ2v) is 5.57. The summed E-state index contributed by atoms with van der Waals surface area (Å²) < 4.78 is 52.4. The number of hydrogen-bond donors (Lipinski definition) is 1. The molecule has 0 aliphatic heterocycles. The first kappa shape index (κ1) is 22.3. The number of amides is 1. The molecule has 0 aromatic heterocycles. The van der Waals surface area contributed by atoms with Crippen molar-refractivity contribution >= 4 is 18.0 Å². The molecule has 0 unspecified atom stereocenters. The minimum absolute atomic E-state index is 0.0865. The molecule has 0 saturated carbocycles. The molecule has 6 nitrogen and oxygen atoms in total. The Bertz CT molecular complexity index is 701. The SMILES string of the molecule is CCOC(=O)/C=C/c1cc(OC)c(C[C@@H](C)NC(=O)C(F)(F)F)cc1OC. The molecular formula is C18H22F3NO5. The molecule has 1 rings (SSSR count). The summed E-state index contributed by atoms with van der Waals surface area (Å²) in [5, 5.41) is 1.89. The maximum absolute atomic E-state index is 12.4. The Kier molecular flexibility index (Phi) is 8.14. The van der Waals surface area contributed by atoms with E-state index < -0.39 is 24.1 Å². The van der Waals surface area contributed by atoms with Crippen molar-refractivity contribution in [2.24, 2.45) is 0 Å². The van der Waals surface area contributed by atoms with Crippen LogP contribution in [0.2, 0.25) is 0 Å². The number of rotatable bonds is 8. The third-order valence-corrected chi connectivity index (χ3v) is 3.48. The number of methoxy groups -OCH3 is 2. The van der Waals surface area contributed by atoms with E-state index in [1.54, 1.807) is 19.1 Å². The predicted octanol–water partition coefficient (Wildman–Crippen LogP) is 2.89. The second-order valence-electron chi connectivity index (χ2n) is 5.57. The van der Waals surface area contributed by atoms with E-state index in [2.05, 4.69) is 0 Å². The summed E-state index contributed by atoms with van der Waals surface area (Å²) in [6.45, 7) is 3.37. The normalized spacial score (nSPS) is 12.6. The second kappa shape index (κ2) is 9.84. The first-order valence-corrected chi connectivity index (χ1v) is 8.09. The van der Waals surface area contributed by atoms with Crippen LogP contribution in [0, 0.1) is 0 Å². The topological polar surface area (TPSA) is 73.9 Å². The Morgan fingerprint density at radius 2 is 1.81 bits per heavy atom. The van der Waals surface area contributed by atoms with Crippen LogP contribution in [0.1, 0.15) is 25.0 Å². The van der Waals surface area contributed by atoms with Crippen molar-refractivity contribution in [1.29, 1.82) is 0 Å². The molecule has 0 fully saturated rings. The van der Waals surface area contributed by atoms with Crippen LogP contribution in [0.4, 0.5) is 13.2 Å². The average molecular weight is 389 g/mol. The molecule has 1 aromatic carbocycles. The van der Waals surface area contributed by atoms with Gasteiger partial charge in [0.25, 0.3) is 0 Å². The molecule has 0 heterocycles. The molecule has 150 valence electrons. The Labute approximate surface area is 155 Å². The van der Waals surface area contributed by atoms with Crippen LogP contribution < -0.4 is 14.8 Å². The molecule has 27 heavy (non-hydrogen) atoms. The van der Waals surface area contributed by atoms with Crippen LogP contribution in [0.15, 0.2) is 18.2 Å². The van der Waals surface area contributed by atoms with E-state index in [1.165, 1.54) is 33.3 Å². The Balaban J connectivity index is 3.05. The van der Waals surface area contributed by atoms with Gasteiger partial charge in [-0.1, -0.05) is 0 Å². The zero-order chi connectivity index (χ0) is 20.6. The van der Waals surface area contributed by atoms with Crippen molar-refractivity contribution in [3.63, 3.8) is 0 Å². The number of nitrogens with one attached hydrogen (secondary N) is 1. The minimum atomic E-state index is -4.95. The standard InChI is InChI=1S/C18H22F3NO5/c1-5-27-16(23)7-6-12-9-15(26-4)13(10-14(12)25-3)8-11(2)22-17(24)18(19,20)21/h6-7,9-11H,5,8H2,1-4H3,(H,22,24)/b7-6+/t11-/m1/s1. The highest BCUT2D eigenvalue weighted by atomic mass is 19.4. The van der Waals surface area contributed by atoms with Crippen LogP contribution >= 0.6 is 0 Å². The lowest BCUT2D eigenvalue weighted by Crippen LogP contribution is -2.42. The maximum Gasteiger partial charge on any atom is 0.471 e. The van der Waals surface area contributed by atoms with Crippen LogP contribution in [0.5, 0.6) is 11.5 Å². The number of carbonyl (C=O) groups excluding carboxylic acids is 2. The fraction of sp³-hybridized carbons (Fsp3) is 0.444. The number of esters is 1. The van der Waals surface area contributed by atoms with E-state index in [4.69, 9.17) is 14.2 Å². The first-order valence-electron chi connectivity index (χ1n) is 8.09. The van der Waals surface area contributed by atoms with E-state index in [0.717, 1.165) is 0 Å². The van der Waals surface area contributed by atoms with E-state index in [-0.39, 0.29) is 13.0 Å². The van der Waals surface area contributed by atoms with Gasteiger partial charge in [0, 0.05) is 17.7 Å². The van der Waals surface area contributed by atoms with Gasteiger partial charge < -0.3 is 19.5 Å². The van der Waals surface area contributed by atoms with E-state index in [9.17, 15) is 22.8 Å². The van der Waals surface area contributed by atoms with Crippen molar-refractivity contribution in [3.05, 3.63) is 29.3 Å². The zero-order valence-corrected chi connectivity index (χ0v) is 15.5. The van der Waals surface area contributed by atoms with Gasteiger partial charge >= 0.3 is 18.1 Å². The number of alkyl halides is 3. The fourth-order valence-electron chi connectivity index (χ4n) is 2.31. The molecular weight excluding hydrogens is 367 g/mol. The highest BCUT2D eigenvalue weighted by Crippen LogP contribution is 2.31. The predicted molar refractivity (Wildman–Crippen MR) is 92.6 cm³/mol. The van der Waals surface area contributed by atoms with Crippen LogP contribution in [-0.4, -0.2) is 44.9 Å². The highest BCUT2D eigenvalue weighted by molar-refractivity contribution is 5.87. The lowest BCUT2D eigenvalue weighted by atomic mass is 10.0. The summed E-state index contributed by atoms with van der Waals surface area (Å²) in [4.78, 5) is 22.5. The smallest absolute Gasteiger partial charge is 0.471 e. The van der Waals surface area contributed by atoms with Gasteiger partial charge in [-0.3, -0.25) is 4.79 Å². The van der Waals surface area contributed by atoms with Crippen molar-refractivity contribution in [3.8, 4) is 11.5 Å². The van der Waals surface area contributed by atoms with Crippen LogP contribution in [-0.2, 0) is 20.7 Å². The van der Waals surface area contributed by atoms with Gasteiger partial charge in [-0.15, -0.1) is 0 Å². The van der Waals surface area contributed by atoms with Gasteiger partial charge in [0.2, 0.25) is 0 Å². The molecule has 0 radical (unpaired) electrons. The third kappa shape index (κ3) is 6.84. The Hall–Kier alpha value is -2.71. The van der Waals surface area contributed by atoms with Crippen molar-refractivity contribution in [1.82, 2.24) is 5.32 Å². The minimum Gasteiger partial charge on any atom is -0.496 e. The quantitative estimate of drug-likeness (QED) is 0.547. The lowest BCUT2D eigenvalue weighted by Gasteiger charge is -2.18. The van der Waals surface area contributed by atoms with Crippen molar-refractivity contribution < 1.29 is 37.0 Å². The summed E-state index contributed by atoms with van der Waals surface area (Å²) in [7, 11) is 2.82. The van der Waals surface area contributed by atoms with Crippen molar-refractivity contribution in [2.75, 3.05) is 20.8 Å². The Morgan fingerprint density at radius 3 is 2.33 bits per heavy atom. The molecule has 0 bridgehead atoms. The first-order chi connectivity index (χ1) is 12.6. The molecule has 0 aliphatic carbocycles. The Morgan fingerprint density at radius 1 is 1.19 bits per heavy atom. The van der Waals surface area contributed by atoms with Gasteiger partial charge in [-0.05, 0) is 44.0 Å². The number of ether oxygens (including phenoxy) is 3. The molecule has 1 amide bonds. The zero-order valence-electron chi connectivity index (χ0n) is 15.5. The van der Waals surface area contributed by atoms with Gasteiger partial charge in [0.15, 0.2) is 0 Å². The fourth-order valence-corrected chi connectivity index (χ4v) is 2.31. The maximum atomic E-state index is 12.4. The van der Waals surface area contributed by atoms with Crippen molar-refractivity contribution in [2.45, 2.75) is 32.5 Å². The molecule has 0 spiro atoms. The number of carbonyl (C=O) groups is 2. The van der Waals surface area contributed by atoms with Gasteiger partial charge in [-0.25, -0.2) is 4.79 Å². The van der Waals surface area contributed by atoms with E-state index in [0.29, 0.717) is 22.6 Å². The third-order valence-electron chi connectivity index (χ3n) is 3.48. The summed E-state index contributed by atoms with van der Waals surface area (Å²) in [6, 6.07) is 2.38. The highest BCUT2D eigenvalue weighted by Gasteiger charge is 2.39. The summed E-state index contributed by atoms with van der Waals surface area (Å²) in [5.74, 6) is -1.76. The molecule has 0 saturated heterocycles. The summed E-state index contributed by atoms with van der Waals surface area (Å²) >= 11 is 0. The number of hydrogen-bond acceptors (Lipinski definition) is 5. The number of benzene rings is 1. The summed E-state index contributed by atoms with van der Waals surface area (Å²) in [6.07, 6.45) is -2.15. The van der Waals surface area contributed by atoms with Crippen LogP contribution in [0.3, 0.4) is 0 Å². The molecule has 1 atom stereocenters. The van der Waals surface area contributed by atoms with Gasteiger partial charge in [-0.2, -0.15) is 13.2 Å². The molecule has 0 aliphatic rings. The molecule has 1 aromatic rings. The number of halogens is 3. The monoisotopic (exact) mass is 389 g/mol. The van der Waals surface area contributed by atoms with Crippen LogP contribution in [0.25, 0.3) is 6.08 Å². The van der Waals surface area contributed by atoms with E-state index in [1.807, 2.05) is 5.32 Å². The van der Waals surface area contributed by atoms with E-state index >= 15 is 0 Å². The molecule has 9 heteroatoms.